The van der Waals surface area contributed by atoms with Crippen molar-refractivity contribution in [1.29, 1.82) is 0 Å². The summed E-state index contributed by atoms with van der Waals surface area (Å²) in [7, 11) is 2.25. The lowest BCUT2D eigenvalue weighted by Gasteiger charge is -2.06. The third kappa shape index (κ3) is 5.59. The van der Waals surface area contributed by atoms with Crippen molar-refractivity contribution in [3.05, 3.63) is 34.8 Å². The minimum atomic E-state index is -0.844. The lowest BCUT2D eigenvalue weighted by Crippen LogP contribution is -2.08. The van der Waals surface area contributed by atoms with Crippen molar-refractivity contribution < 1.29 is 39.5 Å². The summed E-state index contributed by atoms with van der Waals surface area (Å²) in [5, 5.41) is 38.5. The van der Waals surface area contributed by atoms with Crippen LogP contribution >= 0.6 is 0 Å². The average molecular weight is 392 g/mol. The minimum absolute atomic E-state index is 0.0194. The largest absolute Gasteiger partial charge is 0.512 e. The van der Waals surface area contributed by atoms with Crippen molar-refractivity contribution in [2.75, 3.05) is 14.2 Å². The Hall–Kier alpha value is -3.82. The SMILES string of the molecule is COC(=O)/C(C=Nc1cc(O)c(O)cc1N=C/C(C(=O)OC)=C(/C)O)=C(\C)O. The van der Waals surface area contributed by atoms with Crippen LogP contribution in [0.5, 0.6) is 11.5 Å². The number of aromatic hydroxyl groups is 2. The van der Waals surface area contributed by atoms with E-state index in [4.69, 9.17) is 0 Å². The normalized spacial score (nSPS) is 13.3. The molecule has 10 heteroatoms. The first-order valence-corrected chi connectivity index (χ1v) is 7.72. The number of esters is 2. The van der Waals surface area contributed by atoms with Crippen LogP contribution in [0, 0.1) is 0 Å². The van der Waals surface area contributed by atoms with E-state index in [1.165, 1.54) is 13.8 Å². The third-order valence-corrected chi connectivity index (χ3v) is 3.33. The van der Waals surface area contributed by atoms with Crippen LogP contribution in [0.15, 0.2) is 44.8 Å². The highest BCUT2D eigenvalue weighted by atomic mass is 16.5. The van der Waals surface area contributed by atoms with Gasteiger partial charge in [0.15, 0.2) is 11.5 Å². The number of phenols is 2. The van der Waals surface area contributed by atoms with E-state index in [9.17, 15) is 30.0 Å². The molecule has 0 fully saturated rings. The molecule has 1 rings (SSSR count). The van der Waals surface area contributed by atoms with Crippen molar-refractivity contribution in [3.8, 4) is 11.5 Å². The van der Waals surface area contributed by atoms with Crippen molar-refractivity contribution >= 4 is 35.7 Å². The van der Waals surface area contributed by atoms with Crippen molar-refractivity contribution in [2.45, 2.75) is 13.8 Å². The second kappa shape index (κ2) is 9.76. The summed E-state index contributed by atoms with van der Waals surface area (Å²) in [6.07, 6.45) is 1.97. The third-order valence-electron chi connectivity index (χ3n) is 3.33. The summed E-state index contributed by atoms with van der Waals surface area (Å²) in [6.45, 7) is 2.51. The number of aliphatic hydroxyl groups excluding tert-OH is 2. The summed E-state index contributed by atoms with van der Waals surface area (Å²) in [5.41, 5.74) is -0.527. The van der Waals surface area contributed by atoms with Gasteiger partial charge in [-0.1, -0.05) is 0 Å². The highest BCUT2D eigenvalue weighted by molar-refractivity contribution is 6.11. The fraction of sp³-hybridized carbons (Fsp3) is 0.222. The number of aliphatic imine (C=N–C) groups is 2. The van der Waals surface area contributed by atoms with Crippen molar-refractivity contribution in [3.63, 3.8) is 0 Å². The number of allylic oxidation sites excluding steroid dienone is 2. The molecule has 0 heterocycles. The van der Waals surface area contributed by atoms with Crippen LogP contribution in [0.3, 0.4) is 0 Å². The first kappa shape index (κ1) is 22.2. The van der Waals surface area contributed by atoms with Crippen LogP contribution in [0.2, 0.25) is 0 Å². The predicted molar refractivity (Wildman–Crippen MR) is 101 cm³/mol. The molecule has 4 N–H and O–H groups in total. The predicted octanol–water partition coefficient (Wildman–Crippen LogP) is 2.51. The lowest BCUT2D eigenvalue weighted by atomic mass is 10.2. The number of methoxy groups -OCH3 is 2. The van der Waals surface area contributed by atoms with Gasteiger partial charge in [0.2, 0.25) is 0 Å². The smallest absolute Gasteiger partial charge is 0.342 e. The van der Waals surface area contributed by atoms with Crippen LogP contribution in [-0.4, -0.2) is 59.0 Å². The number of nitrogens with zero attached hydrogens (tertiary/aromatic N) is 2. The second-order valence-corrected chi connectivity index (χ2v) is 5.33. The fourth-order valence-corrected chi connectivity index (χ4v) is 1.84. The molecule has 0 aliphatic rings. The average Bonchev–Trinajstić information content (AvgIpc) is 2.64. The standard InChI is InChI=1S/C18H20N2O8/c1-9(21)11(17(25)27-3)7-19-13-5-15(23)16(24)6-14(13)20-8-12(10(2)22)18(26)28-4/h5-8,21-24H,1-4H3/b11-9+,12-10+,19-7?,20-8?. The molecule has 1 aromatic rings. The van der Waals surface area contributed by atoms with E-state index in [0.717, 1.165) is 38.8 Å². The van der Waals surface area contributed by atoms with Gasteiger partial charge in [0.05, 0.1) is 25.6 Å². The second-order valence-electron chi connectivity index (χ2n) is 5.33. The van der Waals surface area contributed by atoms with E-state index in [0.29, 0.717) is 0 Å². The van der Waals surface area contributed by atoms with E-state index < -0.39 is 23.4 Å². The zero-order valence-corrected chi connectivity index (χ0v) is 15.6. The van der Waals surface area contributed by atoms with Gasteiger partial charge in [0.1, 0.15) is 22.7 Å². The molecule has 10 nitrogen and oxygen atoms in total. The van der Waals surface area contributed by atoms with Crippen molar-refractivity contribution in [2.24, 2.45) is 9.98 Å². The summed E-state index contributed by atoms with van der Waals surface area (Å²) >= 11 is 0. The number of carbonyl (C=O) groups is 2. The molecule has 0 spiro atoms. The van der Waals surface area contributed by atoms with Gasteiger partial charge in [0.25, 0.3) is 0 Å². The molecule has 28 heavy (non-hydrogen) atoms. The lowest BCUT2D eigenvalue weighted by molar-refractivity contribution is -0.136. The summed E-state index contributed by atoms with van der Waals surface area (Å²) in [6, 6.07) is 2.10. The first-order valence-electron chi connectivity index (χ1n) is 7.72. The summed E-state index contributed by atoms with van der Waals surface area (Å²) < 4.78 is 9.05. The first-order chi connectivity index (χ1) is 13.1. The van der Waals surface area contributed by atoms with E-state index in [-0.39, 0.29) is 34.0 Å². The maximum absolute atomic E-state index is 11.6. The Morgan fingerprint density at radius 3 is 1.39 bits per heavy atom. The van der Waals surface area contributed by atoms with Gasteiger partial charge in [-0.25, -0.2) is 9.59 Å². The molecule has 0 aliphatic carbocycles. The minimum Gasteiger partial charge on any atom is -0.512 e. The Morgan fingerprint density at radius 2 is 1.14 bits per heavy atom. The van der Waals surface area contributed by atoms with Gasteiger partial charge < -0.3 is 29.9 Å². The van der Waals surface area contributed by atoms with Crippen LogP contribution in [0.4, 0.5) is 11.4 Å². The molecule has 0 aliphatic heterocycles. The number of hydrogen-bond donors (Lipinski definition) is 4. The van der Waals surface area contributed by atoms with Crippen LogP contribution < -0.4 is 0 Å². The number of aliphatic hydroxyl groups is 2. The van der Waals surface area contributed by atoms with Gasteiger partial charge >= 0.3 is 11.9 Å². The topological polar surface area (TPSA) is 158 Å². The summed E-state index contributed by atoms with van der Waals surface area (Å²) in [5.74, 6) is -3.42. The molecule has 1 aromatic carbocycles. The van der Waals surface area contributed by atoms with E-state index in [2.05, 4.69) is 19.5 Å². The molecule has 0 unspecified atom stereocenters. The molecule has 0 aromatic heterocycles. The molecule has 0 amide bonds. The van der Waals surface area contributed by atoms with Crippen LogP contribution in [0.1, 0.15) is 13.8 Å². The number of phenolic OH excluding ortho intramolecular Hbond substituents is 2. The Kier molecular flexibility index (Phi) is 7.75. The molecule has 0 saturated heterocycles. The Labute approximate surface area is 160 Å². The Balaban J connectivity index is 3.45. The molecule has 0 saturated carbocycles. The number of benzene rings is 1. The molecule has 150 valence electrons. The zero-order valence-electron chi connectivity index (χ0n) is 15.6. The molecule has 0 atom stereocenters. The summed E-state index contributed by atoms with van der Waals surface area (Å²) in [4.78, 5) is 31.2. The molecular formula is C18H20N2O8. The number of rotatable bonds is 6. The van der Waals surface area contributed by atoms with Gasteiger partial charge in [-0.2, -0.15) is 0 Å². The van der Waals surface area contributed by atoms with Gasteiger partial charge in [-0.15, -0.1) is 0 Å². The van der Waals surface area contributed by atoms with Crippen LogP contribution in [0.25, 0.3) is 0 Å². The number of carbonyl (C=O) groups excluding carboxylic acids is 2. The van der Waals surface area contributed by atoms with Gasteiger partial charge in [-0.3, -0.25) is 9.98 Å². The maximum atomic E-state index is 11.6. The maximum Gasteiger partial charge on any atom is 0.342 e. The Morgan fingerprint density at radius 1 is 0.821 bits per heavy atom. The van der Waals surface area contributed by atoms with E-state index >= 15 is 0 Å². The Bertz CT molecular complexity index is 816. The van der Waals surface area contributed by atoms with Crippen LogP contribution in [-0.2, 0) is 19.1 Å². The zero-order chi connectivity index (χ0) is 21.4. The van der Waals surface area contributed by atoms with Gasteiger partial charge in [0, 0.05) is 24.6 Å². The van der Waals surface area contributed by atoms with E-state index in [1.807, 2.05) is 0 Å². The van der Waals surface area contributed by atoms with Gasteiger partial charge in [-0.05, 0) is 13.8 Å². The van der Waals surface area contributed by atoms with E-state index in [1.54, 1.807) is 0 Å². The quantitative estimate of drug-likeness (QED) is 0.189. The highest BCUT2D eigenvalue weighted by Gasteiger charge is 2.14. The number of ether oxygens (including phenoxy) is 2. The number of hydrogen-bond acceptors (Lipinski definition) is 10. The molecular weight excluding hydrogens is 372 g/mol. The monoisotopic (exact) mass is 392 g/mol. The highest BCUT2D eigenvalue weighted by Crippen LogP contribution is 2.38. The molecule has 0 bridgehead atoms. The molecule has 0 radical (unpaired) electrons. The van der Waals surface area contributed by atoms with Crippen molar-refractivity contribution in [1.82, 2.24) is 0 Å². The fourth-order valence-electron chi connectivity index (χ4n) is 1.84.